The van der Waals surface area contributed by atoms with E-state index in [-0.39, 0.29) is 36.8 Å². The normalized spacial score (nSPS) is 12.1. The summed E-state index contributed by atoms with van der Waals surface area (Å²) in [5.74, 6) is 6.35. The van der Waals surface area contributed by atoms with Crippen molar-refractivity contribution in [2.45, 2.75) is 35.7 Å². The fourth-order valence-corrected chi connectivity index (χ4v) is 6.13. The third-order valence-corrected chi connectivity index (χ3v) is 9.08. The summed E-state index contributed by atoms with van der Waals surface area (Å²) in [7, 11) is -4.55. The number of halogens is 3. The van der Waals surface area contributed by atoms with E-state index in [4.69, 9.17) is 10.5 Å². The number of anilines is 2. The van der Waals surface area contributed by atoms with Crippen molar-refractivity contribution in [3.05, 3.63) is 65.6 Å². The van der Waals surface area contributed by atoms with Crippen molar-refractivity contribution in [3.8, 4) is 17.6 Å². The van der Waals surface area contributed by atoms with Crippen LogP contribution in [0.5, 0.6) is 5.75 Å². The Morgan fingerprint density at radius 1 is 1.00 bits per heavy atom. The molecule has 1 heterocycles. The molecule has 0 unspecified atom stereocenters. The van der Waals surface area contributed by atoms with Gasteiger partial charge >= 0.3 is 6.18 Å². The summed E-state index contributed by atoms with van der Waals surface area (Å²) in [6.45, 7) is 2.48. The van der Waals surface area contributed by atoms with Crippen LogP contribution < -0.4 is 25.2 Å². The molecule has 250 valence electrons. The van der Waals surface area contributed by atoms with E-state index in [1.807, 2.05) is 0 Å². The van der Waals surface area contributed by atoms with Gasteiger partial charge in [-0.2, -0.15) is 13.2 Å². The SMILES string of the molecule is Cc1ncc(C#CCCNS(=O)(=O)c2cc(C(F)(F)F)ccc2OCCN(C)C)c(NCCCNS(=O)(=O)c2cccc(N)c2)n1. The Bertz CT molecular complexity index is 1780. The van der Waals surface area contributed by atoms with Gasteiger partial charge in [-0.3, -0.25) is 0 Å². The van der Waals surface area contributed by atoms with Gasteiger partial charge in [0.2, 0.25) is 20.0 Å². The first-order valence-corrected chi connectivity index (χ1v) is 16.9. The molecule has 3 aromatic rings. The van der Waals surface area contributed by atoms with Crippen LogP contribution in [0.1, 0.15) is 29.8 Å². The summed E-state index contributed by atoms with van der Waals surface area (Å²) < 4.78 is 101. The Labute approximate surface area is 267 Å². The molecule has 0 saturated heterocycles. The number of nitrogens with two attached hydrogens (primary N) is 1. The second-order valence-electron chi connectivity index (χ2n) is 10.2. The number of likely N-dealkylation sites (N-methyl/N-ethyl adjacent to an activating group) is 1. The Balaban J connectivity index is 1.59. The molecule has 2 aromatic carbocycles. The highest BCUT2D eigenvalue weighted by atomic mass is 32.2. The largest absolute Gasteiger partial charge is 0.491 e. The van der Waals surface area contributed by atoms with E-state index in [1.165, 1.54) is 18.3 Å². The predicted octanol–water partition coefficient (Wildman–Crippen LogP) is 2.83. The summed E-state index contributed by atoms with van der Waals surface area (Å²) in [5.41, 5.74) is 5.30. The van der Waals surface area contributed by atoms with Crippen LogP contribution >= 0.6 is 0 Å². The highest BCUT2D eigenvalue weighted by Gasteiger charge is 2.33. The summed E-state index contributed by atoms with van der Waals surface area (Å²) in [5, 5.41) is 3.09. The lowest BCUT2D eigenvalue weighted by Crippen LogP contribution is -2.26. The second kappa shape index (κ2) is 16.1. The van der Waals surface area contributed by atoms with E-state index in [0.29, 0.717) is 48.5 Å². The molecule has 0 saturated carbocycles. The molecule has 0 bridgehead atoms. The van der Waals surface area contributed by atoms with Crippen molar-refractivity contribution in [3.63, 3.8) is 0 Å². The summed E-state index contributed by atoms with van der Waals surface area (Å²) in [4.78, 5) is 9.69. The standard InChI is InChI=1S/C29H36F3N7O5S2/c1-21-35-20-22(28(38-21)34-13-7-15-36-45(40,41)25-10-6-9-24(33)19-25)8-4-5-14-37-46(42,43)27-18-23(29(30,31)32)11-12-26(27)44-17-16-39(2)3/h6,9-12,18-20,36-37H,5,7,13-17,33H2,1-3H3,(H,34,35,38). The monoisotopic (exact) mass is 683 g/mol. The molecule has 17 heteroatoms. The number of hydrogen-bond acceptors (Lipinski definition) is 10. The zero-order valence-electron chi connectivity index (χ0n) is 25.5. The molecule has 46 heavy (non-hydrogen) atoms. The van der Waals surface area contributed by atoms with Crippen LogP contribution in [0.2, 0.25) is 0 Å². The molecular weight excluding hydrogens is 647 g/mol. The zero-order valence-corrected chi connectivity index (χ0v) is 27.1. The highest BCUT2D eigenvalue weighted by molar-refractivity contribution is 7.89. The first-order valence-electron chi connectivity index (χ1n) is 14.0. The van der Waals surface area contributed by atoms with Gasteiger partial charge in [-0.25, -0.2) is 36.2 Å². The van der Waals surface area contributed by atoms with Crippen LogP contribution in [0.25, 0.3) is 0 Å². The van der Waals surface area contributed by atoms with E-state index < -0.39 is 36.7 Å². The van der Waals surface area contributed by atoms with Gasteiger partial charge in [-0.05, 0) is 63.8 Å². The molecule has 0 spiro atoms. The van der Waals surface area contributed by atoms with Crippen molar-refractivity contribution in [1.29, 1.82) is 0 Å². The molecule has 12 nitrogen and oxygen atoms in total. The molecular formula is C29H36F3N7O5S2. The molecule has 0 aliphatic rings. The summed E-state index contributed by atoms with van der Waals surface area (Å²) in [6, 6.07) is 8.26. The van der Waals surface area contributed by atoms with Crippen molar-refractivity contribution in [2.75, 3.05) is 57.9 Å². The number of ether oxygens (including phenoxy) is 1. The lowest BCUT2D eigenvalue weighted by atomic mass is 10.2. The number of sulfonamides is 2. The van der Waals surface area contributed by atoms with Gasteiger partial charge in [-0.1, -0.05) is 17.9 Å². The number of nitrogens with zero attached hydrogens (tertiary/aromatic N) is 3. The number of benzene rings is 2. The Morgan fingerprint density at radius 3 is 2.43 bits per heavy atom. The second-order valence-corrected chi connectivity index (χ2v) is 13.7. The number of alkyl halides is 3. The third kappa shape index (κ3) is 11.1. The van der Waals surface area contributed by atoms with E-state index in [9.17, 15) is 30.0 Å². The third-order valence-electron chi connectivity index (χ3n) is 6.14. The molecule has 0 aliphatic carbocycles. The quantitative estimate of drug-likeness (QED) is 0.106. The molecule has 0 atom stereocenters. The maximum absolute atomic E-state index is 13.3. The fourth-order valence-electron chi connectivity index (χ4n) is 3.80. The van der Waals surface area contributed by atoms with Gasteiger partial charge in [0, 0.05) is 44.5 Å². The first-order chi connectivity index (χ1) is 21.6. The molecule has 0 radical (unpaired) electrons. The lowest BCUT2D eigenvalue weighted by molar-refractivity contribution is -0.137. The average molecular weight is 684 g/mol. The zero-order chi connectivity index (χ0) is 34.0. The Hall–Kier alpha value is -3.95. The van der Waals surface area contributed by atoms with Gasteiger partial charge in [0.1, 0.15) is 28.9 Å². The number of hydrogen-bond donors (Lipinski definition) is 4. The van der Waals surface area contributed by atoms with Crippen molar-refractivity contribution >= 4 is 31.6 Å². The molecule has 0 aliphatic heterocycles. The van der Waals surface area contributed by atoms with Gasteiger partial charge in [0.25, 0.3) is 0 Å². The minimum atomic E-state index is -4.74. The topological polar surface area (TPSA) is 169 Å². The first kappa shape index (κ1) is 36.5. The van der Waals surface area contributed by atoms with Gasteiger partial charge in [0.05, 0.1) is 16.0 Å². The number of nitrogen functional groups attached to an aromatic ring is 1. The predicted molar refractivity (Wildman–Crippen MR) is 168 cm³/mol. The van der Waals surface area contributed by atoms with Crippen LogP contribution in [0, 0.1) is 18.8 Å². The average Bonchev–Trinajstić information content (AvgIpc) is 2.97. The number of aryl methyl sites for hydroxylation is 1. The van der Waals surface area contributed by atoms with Crippen LogP contribution in [-0.2, 0) is 26.2 Å². The molecule has 0 fully saturated rings. The van der Waals surface area contributed by atoms with E-state index in [1.54, 1.807) is 38.1 Å². The minimum absolute atomic E-state index is 0.0219. The molecule has 1 aromatic heterocycles. The number of aromatic nitrogens is 2. The number of rotatable bonds is 15. The Kier molecular flexibility index (Phi) is 12.7. The van der Waals surface area contributed by atoms with Crippen LogP contribution in [0.4, 0.5) is 24.7 Å². The molecule has 0 amide bonds. The number of nitrogens with one attached hydrogen (secondary N) is 3. The van der Waals surface area contributed by atoms with Crippen LogP contribution in [0.3, 0.4) is 0 Å². The van der Waals surface area contributed by atoms with Gasteiger partial charge in [0.15, 0.2) is 0 Å². The minimum Gasteiger partial charge on any atom is -0.491 e. The maximum atomic E-state index is 13.3. The van der Waals surface area contributed by atoms with Crippen LogP contribution in [-0.4, -0.2) is 78.6 Å². The molecule has 3 rings (SSSR count). The van der Waals surface area contributed by atoms with Crippen LogP contribution in [0.15, 0.2) is 58.5 Å². The van der Waals surface area contributed by atoms with E-state index in [2.05, 4.69) is 36.6 Å². The van der Waals surface area contributed by atoms with E-state index >= 15 is 0 Å². The summed E-state index contributed by atoms with van der Waals surface area (Å²) in [6.07, 6.45) is -2.82. The van der Waals surface area contributed by atoms with Gasteiger partial charge in [-0.15, -0.1) is 0 Å². The summed E-state index contributed by atoms with van der Waals surface area (Å²) >= 11 is 0. The highest BCUT2D eigenvalue weighted by Crippen LogP contribution is 2.34. The van der Waals surface area contributed by atoms with E-state index in [0.717, 1.165) is 12.1 Å². The smallest absolute Gasteiger partial charge is 0.416 e. The van der Waals surface area contributed by atoms with Gasteiger partial charge < -0.3 is 20.7 Å². The fraction of sp³-hybridized carbons (Fsp3) is 0.379. The van der Waals surface area contributed by atoms with Crippen molar-refractivity contribution in [2.24, 2.45) is 0 Å². The lowest BCUT2D eigenvalue weighted by Gasteiger charge is -2.16. The maximum Gasteiger partial charge on any atom is 0.416 e. The molecule has 5 N–H and O–H groups in total. The van der Waals surface area contributed by atoms with Crippen molar-refractivity contribution < 1.29 is 34.7 Å². The van der Waals surface area contributed by atoms with Crippen molar-refractivity contribution in [1.82, 2.24) is 24.3 Å². The Morgan fingerprint density at radius 2 is 1.74 bits per heavy atom.